The maximum Gasteiger partial charge on any atom is 0.407 e. The molecule has 10 unspecified atom stereocenters. The molecule has 26 nitrogen and oxygen atoms in total. The van der Waals surface area contributed by atoms with E-state index in [0.717, 1.165) is 11.1 Å². The van der Waals surface area contributed by atoms with Crippen LogP contribution in [0.2, 0.25) is 0 Å². The predicted molar refractivity (Wildman–Crippen MR) is 345 cm³/mol. The van der Waals surface area contributed by atoms with Gasteiger partial charge in [-0.2, -0.15) is 8.61 Å². The van der Waals surface area contributed by atoms with Crippen molar-refractivity contribution in [3.05, 3.63) is 119 Å². The molecule has 506 valence electrons. The van der Waals surface area contributed by atoms with Crippen molar-refractivity contribution in [3.8, 4) is 11.8 Å². The predicted octanol–water partition coefficient (Wildman–Crippen LogP) is 5.17. The van der Waals surface area contributed by atoms with Crippen molar-refractivity contribution in [1.29, 1.82) is 0 Å². The molecule has 10 N–H and O–H groups in total. The van der Waals surface area contributed by atoms with Gasteiger partial charge in [0, 0.05) is 59.9 Å². The van der Waals surface area contributed by atoms with Crippen molar-refractivity contribution < 1.29 is 85.5 Å². The number of aliphatic imine (C=N–C) groups is 2. The molecule has 4 fully saturated rings. The van der Waals surface area contributed by atoms with Gasteiger partial charge in [-0.3, -0.25) is 9.98 Å². The Morgan fingerprint density at radius 1 is 0.634 bits per heavy atom. The first-order valence-electron chi connectivity index (χ1n) is 31.3. The molecule has 0 saturated carbocycles. The summed E-state index contributed by atoms with van der Waals surface area (Å²) in [6.07, 6.45) is -2.55. The zero-order chi connectivity index (χ0) is 66.6. The van der Waals surface area contributed by atoms with Crippen LogP contribution in [0, 0.1) is 23.7 Å². The molecule has 0 radical (unpaired) electrons. The Balaban J connectivity index is 0.000000219. The Hall–Kier alpha value is -7.06. The van der Waals surface area contributed by atoms with Crippen LogP contribution >= 0.6 is 0 Å². The van der Waals surface area contributed by atoms with Crippen LogP contribution in [0.1, 0.15) is 69.7 Å². The van der Waals surface area contributed by atoms with E-state index >= 15 is 0 Å². The van der Waals surface area contributed by atoms with Crippen molar-refractivity contribution in [2.75, 3.05) is 78.9 Å². The summed E-state index contributed by atoms with van der Waals surface area (Å²) in [4.78, 5) is 40.2. The fraction of sp³-hybridized carbons (Fsp3) is 0.508. The van der Waals surface area contributed by atoms with E-state index in [4.69, 9.17) is 33.5 Å². The number of carbonyl (C=O) groups excluding carboxylic acids is 2. The Kier molecular flexibility index (Phi) is 24.1. The van der Waals surface area contributed by atoms with Gasteiger partial charge in [-0.1, -0.05) is 88.4 Å². The number of nitrogens with zero attached hydrogens (tertiary/aromatic N) is 4. The van der Waals surface area contributed by atoms with Crippen LogP contribution in [0.4, 0.5) is 9.59 Å². The Morgan fingerprint density at radius 2 is 1.09 bits per heavy atom. The van der Waals surface area contributed by atoms with E-state index < -0.39 is 81.3 Å². The number of hydrogen-bond acceptors (Lipinski definition) is 20. The van der Waals surface area contributed by atoms with Crippen LogP contribution in [0.25, 0.3) is 21.8 Å². The average molecular weight is 1330 g/mol. The topological polar surface area (TPSA) is 366 Å². The van der Waals surface area contributed by atoms with Gasteiger partial charge in [0.05, 0.1) is 110 Å². The second-order valence-electron chi connectivity index (χ2n) is 24.5. The number of carbonyl (C=O) groups is 2. The van der Waals surface area contributed by atoms with Crippen molar-refractivity contribution >= 4 is 66.0 Å². The van der Waals surface area contributed by atoms with Crippen LogP contribution in [-0.4, -0.2) is 218 Å². The summed E-state index contributed by atoms with van der Waals surface area (Å²) >= 11 is 0. The maximum absolute atomic E-state index is 14.2. The van der Waals surface area contributed by atoms with Gasteiger partial charge in [-0.15, -0.1) is 0 Å². The molecule has 28 heteroatoms. The van der Waals surface area contributed by atoms with Gasteiger partial charge in [0.2, 0.25) is 20.0 Å². The highest BCUT2D eigenvalue weighted by Gasteiger charge is 2.46. The van der Waals surface area contributed by atoms with E-state index in [1.165, 1.54) is 39.1 Å². The molecule has 0 bridgehead atoms. The second-order valence-corrected chi connectivity index (χ2v) is 28.4. The number of fused-ring (bicyclic) bond motifs is 4. The van der Waals surface area contributed by atoms with Gasteiger partial charge in [-0.25, -0.2) is 26.4 Å². The second kappa shape index (κ2) is 31.9. The smallest absolute Gasteiger partial charge is 0.407 e. The molecule has 0 aliphatic carbocycles. The zero-order valence-electron chi connectivity index (χ0n) is 52.7. The van der Waals surface area contributed by atoms with Crippen LogP contribution < -0.4 is 10.6 Å². The number of sulfonamides is 2. The van der Waals surface area contributed by atoms with Crippen molar-refractivity contribution in [2.45, 2.75) is 119 Å². The highest BCUT2D eigenvalue weighted by Crippen LogP contribution is 2.36. The van der Waals surface area contributed by atoms with E-state index in [9.17, 15) is 52.0 Å². The molecule has 2 aromatic heterocycles. The molecule has 2 amide bonds. The summed E-state index contributed by atoms with van der Waals surface area (Å²) < 4.78 is 92.6. The first-order chi connectivity index (χ1) is 44.5. The minimum atomic E-state index is -4.17. The first kappa shape index (κ1) is 70.3. The van der Waals surface area contributed by atoms with Crippen LogP contribution in [-0.2, 0) is 61.3 Å². The van der Waals surface area contributed by atoms with E-state index in [1.807, 2.05) is 88.4 Å². The van der Waals surface area contributed by atoms with Crippen molar-refractivity contribution in [2.24, 2.45) is 33.7 Å². The average Bonchev–Trinajstić information content (AvgIpc) is 1.74. The molecule has 4 aliphatic heterocycles. The maximum atomic E-state index is 14.2. The monoisotopic (exact) mass is 1330 g/mol. The molecule has 93 heavy (non-hydrogen) atoms. The Labute approximate surface area is 541 Å². The fourth-order valence-electron chi connectivity index (χ4n) is 12.0. The van der Waals surface area contributed by atoms with E-state index in [1.54, 1.807) is 19.1 Å². The lowest BCUT2D eigenvalue weighted by molar-refractivity contribution is -0.0909. The number of aromatic hydroxyl groups is 2. The van der Waals surface area contributed by atoms with Crippen LogP contribution in [0.15, 0.2) is 117 Å². The third-order valence-corrected chi connectivity index (χ3v) is 20.3. The number of aliphatic hydroxyl groups excluding tert-OH is 4. The van der Waals surface area contributed by atoms with E-state index in [-0.39, 0.29) is 124 Å². The number of aliphatic hydroxyl groups is 4. The zero-order valence-corrected chi connectivity index (χ0v) is 54.4. The molecular weight excluding hydrogens is 1240 g/mol. The molecule has 4 aliphatic rings. The molecule has 10 atom stereocenters. The normalized spacial score (nSPS) is 21.3. The van der Waals surface area contributed by atoms with Crippen LogP contribution in [0.3, 0.4) is 0 Å². The molecule has 4 saturated heterocycles. The standard InChI is InChI=1S/C33H44N4O9S.C32H42N4O9S/c1-20(2)17-37(47(42,43)23-9-10-26-25(16-23)30(31(40)35-26)21(3)34-12-13-38)18-28(39)27(15-22-7-5-4-6-8-22)36-33(41)46-29-19-45-32-24(29)11-14-44-32;1-20(2)17-36(46(41,42)22-8-9-26-24(15-22)25(30(39)34-26)16-33-11-12-37)18-28(38)27(14-21-6-4-3-5-7-21)35-32(40)45-29-19-44-31-23(29)10-13-43-31/h4-10,16,20,24,27-29,32,35,38-40H,11-15,17-19H2,1-3H3,(H,36,41);3-9,15-16,20,23,27-29,31,34,37-39H,10-14,17-19H2,1-2H3,(H,35,40). The first-order valence-corrected chi connectivity index (χ1v) is 34.2. The lowest BCUT2D eigenvalue weighted by Crippen LogP contribution is -2.51. The number of benzene rings is 4. The van der Waals surface area contributed by atoms with E-state index in [2.05, 4.69) is 30.6 Å². The number of hydrogen-bond donors (Lipinski definition) is 10. The van der Waals surface area contributed by atoms with Gasteiger partial charge >= 0.3 is 12.2 Å². The number of amides is 2. The summed E-state index contributed by atoms with van der Waals surface area (Å²) in [5.41, 5.74) is 3.78. The van der Waals surface area contributed by atoms with E-state index in [0.29, 0.717) is 64.7 Å². The quantitative estimate of drug-likeness (QED) is 0.0283. The highest BCUT2D eigenvalue weighted by molar-refractivity contribution is 7.89. The van der Waals surface area contributed by atoms with Gasteiger partial charge in [-0.05, 0) is 92.0 Å². The summed E-state index contributed by atoms with van der Waals surface area (Å²) in [7, 11) is -8.33. The summed E-state index contributed by atoms with van der Waals surface area (Å²) in [5.74, 6) is -0.634. The van der Waals surface area contributed by atoms with Crippen molar-refractivity contribution in [1.82, 2.24) is 29.2 Å². The number of ether oxygens (including phenoxy) is 6. The number of nitrogens with one attached hydrogen (secondary N) is 4. The number of alkyl carbamates (subject to hydrolysis) is 2. The summed E-state index contributed by atoms with van der Waals surface area (Å²) in [6, 6.07) is 25.7. The Morgan fingerprint density at radius 3 is 1.55 bits per heavy atom. The van der Waals surface area contributed by atoms with Crippen molar-refractivity contribution in [3.63, 3.8) is 0 Å². The largest absolute Gasteiger partial charge is 0.494 e. The number of rotatable bonds is 28. The van der Waals surface area contributed by atoms with Crippen LogP contribution in [0.5, 0.6) is 11.8 Å². The highest BCUT2D eigenvalue weighted by atomic mass is 32.2. The minimum absolute atomic E-state index is 0.0328. The van der Waals surface area contributed by atoms with Gasteiger partial charge in [0.15, 0.2) is 24.3 Å². The molecule has 6 heterocycles. The van der Waals surface area contributed by atoms with Gasteiger partial charge in [0.1, 0.15) is 12.2 Å². The Bertz CT molecular complexity index is 3760. The third kappa shape index (κ3) is 17.7. The summed E-state index contributed by atoms with van der Waals surface area (Å²) in [6.45, 7) is 10.2. The lowest BCUT2D eigenvalue weighted by Gasteiger charge is -2.31. The van der Waals surface area contributed by atoms with Gasteiger partial charge < -0.3 is 79.7 Å². The fourth-order valence-corrected chi connectivity index (χ4v) is 15.3. The molecular formula is C65H86N8O18S2. The number of aromatic amines is 2. The number of aromatic nitrogens is 2. The molecule has 10 rings (SSSR count). The third-order valence-electron chi connectivity index (χ3n) is 16.6. The molecule has 0 spiro atoms. The lowest BCUT2D eigenvalue weighted by atomic mass is 10.0. The molecule has 6 aromatic rings. The van der Waals surface area contributed by atoms with Gasteiger partial charge in [0.25, 0.3) is 0 Å². The SMILES string of the molecule is CC(=NCCO)c1c(O)[nH]c2ccc(S(=O)(=O)N(CC(C)C)CC(O)C(Cc3ccccc3)NC(=O)OC3COC4OCCC34)cc12.CC(C)CN(CC(O)C(Cc1ccccc1)NC(=O)OC1COC2OCCC12)S(=O)(=O)c1ccc2[nH]c(O)c(C=NCCO)c2c1. The molecule has 4 aromatic carbocycles. The minimum Gasteiger partial charge on any atom is -0.494 e. The summed E-state index contributed by atoms with van der Waals surface area (Å²) in [5, 5.41) is 68.9. The number of H-pyrrole nitrogens is 2.